The van der Waals surface area contributed by atoms with Gasteiger partial charge in [-0.1, -0.05) is 13.8 Å². The normalized spacial score (nSPS) is 16.5. The van der Waals surface area contributed by atoms with Gasteiger partial charge in [0.05, 0.1) is 6.07 Å². The number of nitrogens with one attached hydrogen (secondary N) is 1. The molecule has 0 amide bonds. The summed E-state index contributed by atoms with van der Waals surface area (Å²) in [4.78, 5) is 0. The van der Waals surface area contributed by atoms with E-state index in [4.69, 9.17) is 5.26 Å². The summed E-state index contributed by atoms with van der Waals surface area (Å²) in [6.45, 7) is 4.27. The molecular weight excluding hydrogens is 136 g/mol. The van der Waals surface area contributed by atoms with Crippen LogP contribution in [0.15, 0.2) is 23.5 Å². The van der Waals surface area contributed by atoms with E-state index in [1.54, 1.807) is 6.20 Å². The lowest BCUT2D eigenvalue weighted by atomic mass is 9.96. The maximum Gasteiger partial charge on any atom is 0.0965 e. The molecule has 1 heterocycles. The third kappa shape index (κ3) is 1.84. The number of nitrogens with zero attached hydrogens (tertiary/aromatic N) is 1. The fraction of sp³-hybridized carbons (Fsp3) is 0.444. The van der Waals surface area contributed by atoms with Crippen molar-refractivity contribution >= 4 is 0 Å². The lowest BCUT2D eigenvalue weighted by Crippen LogP contribution is -2.08. The fourth-order valence-electron chi connectivity index (χ4n) is 1.01. The number of hydrogen-bond acceptors (Lipinski definition) is 2. The highest BCUT2D eigenvalue weighted by Crippen LogP contribution is 2.19. The van der Waals surface area contributed by atoms with Gasteiger partial charge in [0, 0.05) is 24.4 Å². The van der Waals surface area contributed by atoms with Gasteiger partial charge in [-0.2, -0.15) is 5.26 Å². The number of allylic oxidation sites excluding steroid dienone is 2. The topological polar surface area (TPSA) is 35.8 Å². The molecule has 1 aliphatic rings. The van der Waals surface area contributed by atoms with E-state index >= 15 is 0 Å². The molecule has 0 saturated heterocycles. The van der Waals surface area contributed by atoms with Gasteiger partial charge >= 0.3 is 0 Å². The first kappa shape index (κ1) is 7.87. The molecule has 11 heavy (non-hydrogen) atoms. The predicted octanol–water partition coefficient (Wildman–Crippen LogP) is 1.93. The van der Waals surface area contributed by atoms with Crippen LogP contribution in [0, 0.1) is 17.2 Å². The second-order valence-corrected chi connectivity index (χ2v) is 3.00. The van der Waals surface area contributed by atoms with Crippen molar-refractivity contribution in [3.8, 4) is 6.07 Å². The monoisotopic (exact) mass is 148 g/mol. The van der Waals surface area contributed by atoms with Crippen LogP contribution in [0.5, 0.6) is 0 Å². The number of hydrogen-bond donors (Lipinski definition) is 1. The van der Waals surface area contributed by atoms with E-state index in [2.05, 4.69) is 25.2 Å². The van der Waals surface area contributed by atoms with Crippen molar-refractivity contribution in [3.63, 3.8) is 0 Å². The summed E-state index contributed by atoms with van der Waals surface area (Å²) in [5.41, 5.74) is 2.11. The molecule has 1 N–H and O–H groups in total. The van der Waals surface area contributed by atoms with Gasteiger partial charge in [-0.15, -0.1) is 0 Å². The summed E-state index contributed by atoms with van der Waals surface area (Å²) < 4.78 is 0. The van der Waals surface area contributed by atoms with E-state index in [9.17, 15) is 0 Å². The molecule has 58 valence electrons. The molecule has 0 spiro atoms. The van der Waals surface area contributed by atoms with E-state index in [-0.39, 0.29) is 0 Å². The Morgan fingerprint density at radius 3 is 2.82 bits per heavy atom. The van der Waals surface area contributed by atoms with Crippen molar-refractivity contribution in [2.45, 2.75) is 20.3 Å². The highest BCUT2D eigenvalue weighted by atomic mass is 14.8. The highest BCUT2D eigenvalue weighted by molar-refractivity contribution is 5.30. The van der Waals surface area contributed by atoms with E-state index < -0.39 is 0 Å². The van der Waals surface area contributed by atoms with Gasteiger partial charge < -0.3 is 5.32 Å². The smallest absolute Gasteiger partial charge is 0.0965 e. The zero-order valence-corrected chi connectivity index (χ0v) is 6.89. The van der Waals surface area contributed by atoms with Crippen LogP contribution in [0.2, 0.25) is 0 Å². The average Bonchev–Trinajstić information content (AvgIpc) is 2.05. The molecule has 0 aromatic carbocycles. The van der Waals surface area contributed by atoms with Gasteiger partial charge in [-0.25, -0.2) is 0 Å². The minimum atomic E-state index is 0.527. The van der Waals surface area contributed by atoms with Gasteiger partial charge in [0.2, 0.25) is 0 Å². The SMILES string of the molecule is CC(C)C1=CNC=C(C#N)C1. The van der Waals surface area contributed by atoms with E-state index in [1.807, 2.05) is 6.20 Å². The van der Waals surface area contributed by atoms with Crippen LogP contribution < -0.4 is 5.32 Å². The first-order valence-corrected chi connectivity index (χ1v) is 3.78. The Bertz CT molecular complexity index is 241. The van der Waals surface area contributed by atoms with Crippen molar-refractivity contribution < 1.29 is 0 Å². The molecule has 0 aliphatic carbocycles. The first-order valence-electron chi connectivity index (χ1n) is 3.78. The molecule has 1 aliphatic heterocycles. The summed E-state index contributed by atoms with van der Waals surface area (Å²) in [7, 11) is 0. The van der Waals surface area contributed by atoms with Gasteiger partial charge in [0.15, 0.2) is 0 Å². The molecule has 2 heteroatoms. The fourth-order valence-corrected chi connectivity index (χ4v) is 1.01. The molecule has 0 saturated carbocycles. The Hall–Kier alpha value is -1.23. The van der Waals surface area contributed by atoms with Crippen molar-refractivity contribution in [2.24, 2.45) is 5.92 Å². The van der Waals surface area contributed by atoms with E-state index in [0.717, 1.165) is 12.0 Å². The molecule has 0 fully saturated rings. The molecule has 1 rings (SSSR count). The van der Waals surface area contributed by atoms with Crippen molar-refractivity contribution in [2.75, 3.05) is 0 Å². The summed E-state index contributed by atoms with van der Waals surface area (Å²) in [6.07, 6.45) is 4.54. The van der Waals surface area contributed by atoms with Crippen LogP contribution >= 0.6 is 0 Å². The largest absolute Gasteiger partial charge is 0.367 e. The summed E-state index contributed by atoms with van der Waals surface area (Å²) in [6, 6.07) is 2.15. The molecule has 0 unspecified atom stereocenters. The third-order valence-electron chi connectivity index (χ3n) is 1.81. The number of dihydropyridines is 1. The number of rotatable bonds is 1. The minimum Gasteiger partial charge on any atom is -0.367 e. The lowest BCUT2D eigenvalue weighted by Gasteiger charge is -2.14. The van der Waals surface area contributed by atoms with Crippen LogP contribution in [0.4, 0.5) is 0 Å². The average molecular weight is 148 g/mol. The van der Waals surface area contributed by atoms with Gasteiger partial charge in [-0.3, -0.25) is 0 Å². The third-order valence-corrected chi connectivity index (χ3v) is 1.81. The molecule has 2 nitrogen and oxygen atoms in total. The minimum absolute atomic E-state index is 0.527. The summed E-state index contributed by atoms with van der Waals surface area (Å²) in [5, 5.41) is 11.6. The highest BCUT2D eigenvalue weighted by Gasteiger charge is 2.08. The standard InChI is InChI=1S/C9H12N2/c1-7(2)9-3-8(4-10)5-11-6-9/h5-7,11H,3H2,1-2H3. The van der Waals surface area contributed by atoms with E-state index in [1.165, 1.54) is 5.57 Å². The summed E-state index contributed by atoms with van der Waals surface area (Å²) in [5.74, 6) is 0.527. The summed E-state index contributed by atoms with van der Waals surface area (Å²) >= 11 is 0. The molecule has 0 atom stereocenters. The molecule has 0 radical (unpaired) electrons. The quantitative estimate of drug-likeness (QED) is 0.616. The Morgan fingerprint density at radius 1 is 1.55 bits per heavy atom. The zero-order chi connectivity index (χ0) is 8.27. The molecule has 0 bridgehead atoms. The van der Waals surface area contributed by atoms with Crippen LogP contribution in [-0.4, -0.2) is 0 Å². The predicted molar refractivity (Wildman–Crippen MR) is 44.4 cm³/mol. The Kier molecular flexibility index (Phi) is 2.32. The maximum atomic E-state index is 8.61. The second-order valence-electron chi connectivity index (χ2n) is 3.00. The zero-order valence-electron chi connectivity index (χ0n) is 6.89. The lowest BCUT2D eigenvalue weighted by molar-refractivity contribution is 0.723. The Labute approximate surface area is 67.2 Å². The molecular formula is C9H12N2. The van der Waals surface area contributed by atoms with Gasteiger partial charge in [-0.05, 0) is 11.5 Å². The van der Waals surface area contributed by atoms with Crippen molar-refractivity contribution in [3.05, 3.63) is 23.5 Å². The van der Waals surface area contributed by atoms with Crippen LogP contribution in [0.3, 0.4) is 0 Å². The van der Waals surface area contributed by atoms with Crippen LogP contribution in [-0.2, 0) is 0 Å². The molecule has 0 aromatic rings. The maximum absolute atomic E-state index is 8.61. The second kappa shape index (κ2) is 3.25. The van der Waals surface area contributed by atoms with Gasteiger partial charge in [0.1, 0.15) is 0 Å². The van der Waals surface area contributed by atoms with Gasteiger partial charge in [0.25, 0.3) is 0 Å². The van der Waals surface area contributed by atoms with E-state index in [0.29, 0.717) is 5.92 Å². The first-order chi connectivity index (χ1) is 5.24. The van der Waals surface area contributed by atoms with Crippen molar-refractivity contribution in [1.82, 2.24) is 5.32 Å². The Morgan fingerprint density at radius 2 is 2.27 bits per heavy atom. The van der Waals surface area contributed by atoms with Crippen LogP contribution in [0.25, 0.3) is 0 Å². The van der Waals surface area contributed by atoms with Crippen molar-refractivity contribution in [1.29, 1.82) is 5.26 Å². The Balaban J connectivity index is 2.64. The number of nitriles is 1. The van der Waals surface area contributed by atoms with Crippen LogP contribution in [0.1, 0.15) is 20.3 Å². The molecule has 0 aromatic heterocycles.